The number of hydrogen-bond acceptors (Lipinski definition) is 4. The van der Waals surface area contributed by atoms with Crippen LogP contribution in [0.25, 0.3) is 0 Å². The number of carbonyl (C=O) groups excluding carboxylic acids is 1. The number of nitrogens with one attached hydrogen (secondary N) is 3. The molecule has 0 spiro atoms. The minimum atomic E-state index is -0.0582. The molecule has 1 atom stereocenters. The predicted octanol–water partition coefficient (Wildman–Crippen LogP) is 0.927. The zero-order chi connectivity index (χ0) is 13.0. The molecular weight excluding hydrogens is 248 g/mol. The summed E-state index contributed by atoms with van der Waals surface area (Å²) in [6.45, 7) is 3.76. The number of H-pyrrole nitrogens is 1. The van der Waals surface area contributed by atoms with Crippen LogP contribution in [0.5, 0.6) is 0 Å². The van der Waals surface area contributed by atoms with Gasteiger partial charge in [0.25, 0.3) is 5.91 Å². The van der Waals surface area contributed by atoms with Gasteiger partial charge < -0.3 is 10.6 Å². The van der Waals surface area contributed by atoms with Crippen molar-refractivity contribution < 1.29 is 4.79 Å². The van der Waals surface area contributed by atoms with E-state index in [0.29, 0.717) is 5.69 Å². The molecule has 0 saturated heterocycles. The summed E-state index contributed by atoms with van der Waals surface area (Å²) in [5.41, 5.74) is 2.67. The first kappa shape index (κ1) is 13.4. The Morgan fingerprint density at radius 2 is 2.44 bits per heavy atom. The molecule has 5 nitrogen and oxygen atoms in total. The molecule has 1 aliphatic heterocycles. The minimum absolute atomic E-state index is 0.0582. The number of amides is 1. The molecule has 0 aliphatic carbocycles. The summed E-state index contributed by atoms with van der Waals surface area (Å²) in [5, 5.41) is 13.5. The topological polar surface area (TPSA) is 69.8 Å². The normalized spacial score (nSPS) is 16.1. The Morgan fingerprint density at radius 3 is 3.17 bits per heavy atom. The molecular formula is C12H20N4OS. The zero-order valence-electron chi connectivity index (χ0n) is 10.9. The Hall–Kier alpha value is -1.01. The van der Waals surface area contributed by atoms with E-state index in [4.69, 9.17) is 0 Å². The maximum atomic E-state index is 12.2. The van der Waals surface area contributed by atoms with Crippen LogP contribution in [0.2, 0.25) is 0 Å². The highest BCUT2D eigenvalue weighted by Gasteiger charge is 2.22. The quantitative estimate of drug-likeness (QED) is 0.743. The van der Waals surface area contributed by atoms with Crippen molar-refractivity contribution in [2.24, 2.45) is 0 Å². The second-order valence-corrected chi connectivity index (χ2v) is 5.40. The van der Waals surface area contributed by atoms with Gasteiger partial charge in [-0.2, -0.15) is 16.9 Å². The van der Waals surface area contributed by atoms with Gasteiger partial charge in [0.2, 0.25) is 0 Å². The molecule has 1 amide bonds. The molecule has 1 unspecified atom stereocenters. The van der Waals surface area contributed by atoms with Crippen molar-refractivity contribution in [3.8, 4) is 0 Å². The minimum Gasteiger partial charge on any atom is -0.347 e. The number of rotatable bonds is 5. The van der Waals surface area contributed by atoms with Crippen molar-refractivity contribution in [3.05, 3.63) is 17.0 Å². The fourth-order valence-electron chi connectivity index (χ4n) is 2.13. The average Bonchev–Trinajstić information content (AvgIpc) is 2.82. The van der Waals surface area contributed by atoms with E-state index in [2.05, 4.69) is 34.0 Å². The fraction of sp³-hybridized carbons (Fsp3) is 0.667. The Labute approximate surface area is 111 Å². The van der Waals surface area contributed by atoms with Crippen molar-refractivity contribution in [2.75, 3.05) is 18.6 Å². The Balaban J connectivity index is 2.06. The third kappa shape index (κ3) is 2.87. The molecule has 18 heavy (non-hydrogen) atoms. The van der Waals surface area contributed by atoms with Crippen molar-refractivity contribution in [1.82, 2.24) is 20.8 Å². The molecule has 0 bridgehead atoms. The number of carbonyl (C=O) groups is 1. The lowest BCUT2D eigenvalue weighted by Gasteiger charge is -2.16. The molecule has 1 aromatic rings. The Morgan fingerprint density at radius 1 is 1.61 bits per heavy atom. The van der Waals surface area contributed by atoms with Gasteiger partial charge in [-0.05, 0) is 12.7 Å². The van der Waals surface area contributed by atoms with E-state index in [9.17, 15) is 4.79 Å². The van der Waals surface area contributed by atoms with E-state index < -0.39 is 0 Å². The van der Waals surface area contributed by atoms with Crippen LogP contribution < -0.4 is 10.6 Å². The zero-order valence-corrected chi connectivity index (χ0v) is 11.7. The SMILES string of the molecule is CCC(CSC)NC(=O)c1n[nH]c2c1CNCC2. The van der Waals surface area contributed by atoms with Crippen LogP contribution in [0.3, 0.4) is 0 Å². The van der Waals surface area contributed by atoms with Crippen LogP contribution in [-0.4, -0.2) is 40.7 Å². The molecule has 0 aromatic carbocycles. The molecule has 100 valence electrons. The molecule has 2 rings (SSSR count). The van der Waals surface area contributed by atoms with E-state index in [-0.39, 0.29) is 11.9 Å². The van der Waals surface area contributed by atoms with Gasteiger partial charge in [-0.1, -0.05) is 6.92 Å². The van der Waals surface area contributed by atoms with Crippen molar-refractivity contribution >= 4 is 17.7 Å². The Bertz CT molecular complexity index is 418. The second-order valence-electron chi connectivity index (χ2n) is 4.49. The number of aromatic nitrogens is 2. The average molecular weight is 268 g/mol. The van der Waals surface area contributed by atoms with E-state index >= 15 is 0 Å². The van der Waals surface area contributed by atoms with Crippen LogP contribution >= 0.6 is 11.8 Å². The molecule has 3 N–H and O–H groups in total. The summed E-state index contributed by atoms with van der Waals surface area (Å²) in [6, 6.07) is 0.219. The molecule has 1 aromatic heterocycles. The van der Waals surface area contributed by atoms with E-state index in [0.717, 1.165) is 42.9 Å². The van der Waals surface area contributed by atoms with Crippen LogP contribution in [0.4, 0.5) is 0 Å². The molecule has 2 heterocycles. The third-order valence-corrected chi connectivity index (χ3v) is 3.95. The van der Waals surface area contributed by atoms with Crippen LogP contribution in [0.1, 0.15) is 35.1 Å². The van der Waals surface area contributed by atoms with Crippen LogP contribution in [-0.2, 0) is 13.0 Å². The summed E-state index contributed by atoms with van der Waals surface area (Å²) in [5.74, 6) is 0.879. The summed E-state index contributed by atoms with van der Waals surface area (Å²) in [7, 11) is 0. The number of nitrogens with zero attached hydrogens (tertiary/aromatic N) is 1. The maximum Gasteiger partial charge on any atom is 0.272 e. The standard InChI is InChI=1S/C12H20N4OS/c1-3-8(7-18-2)14-12(17)11-9-6-13-5-4-10(9)15-16-11/h8,13H,3-7H2,1-2H3,(H,14,17)(H,15,16). The van der Waals surface area contributed by atoms with Gasteiger partial charge in [0, 0.05) is 42.6 Å². The lowest BCUT2D eigenvalue weighted by Crippen LogP contribution is -2.37. The monoisotopic (exact) mass is 268 g/mol. The van der Waals surface area contributed by atoms with Crippen LogP contribution in [0.15, 0.2) is 0 Å². The van der Waals surface area contributed by atoms with Gasteiger partial charge in [-0.15, -0.1) is 0 Å². The van der Waals surface area contributed by atoms with Gasteiger partial charge in [0.05, 0.1) is 0 Å². The second kappa shape index (κ2) is 6.24. The van der Waals surface area contributed by atoms with E-state index in [1.807, 2.05) is 0 Å². The summed E-state index contributed by atoms with van der Waals surface area (Å²) >= 11 is 1.75. The van der Waals surface area contributed by atoms with Crippen molar-refractivity contribution in [1.29, 1.82) is 0 Å². The van der Waals surface area contributed by atoms with Gasteiger partial charge in [0.1, 0.15) is 0 Å². The lowest BCUT2D eigenvalue weighted by molar-refractivity contribution is 0.0934. The molecule has 0 fully saturated rings. The fourth-order valence-corrected chi connectivity index (χ4v) is 2.85. The number of fused-ring (bicyclic) bond motifs is 1. The van der Waals surface area contributed by atoms with Gasteiger partial charge in [-0.25, -0.2) is 0 Å². The van der Waals surface area contributed by atoms with Gasteiger partial charge in [0.15, 0.2) is 5.69 Å². The number of aromatic amines is 1. The van der Waals surface area contributed by atoms with E-state index in [1.165, 1.54) is 0 Å². The summed E-state index contributed by atoms with van der Waals surface area (Å²) in [6.07, 6.45) is 3.91. The molecule has 1 aliphatic rings. The molecule has 6 heteroatoms. The highest BCUT2D eigenvalue weighted by Crippen LogP contribution is 2.15. The third-order valence-electron chi connectivity index (χ3n) is 3.22. The maximum absolute atomic E-state index is 12.2. The van der Waals surface area contributed by atoms with Crippen molar-refractivity contribution in [2.45, 2.75) is 32.4 Å². The summed E-state index contributed by atoms with van der Waals surface area (Å²) in [4.78, 5) is 12.2. The van der Waals surface area contributed by atoms with Gasteiger partial charge >= 0.3 is 0 Å². The van der Waals surface area contributed by atoms with Crippen LogP contribution in [0, 0.1) is 0 Å². The first-order valence-corrected chi connectivity index (χ1v) is 7.72. The van der Waals surface area contributed by atoms with Gasteiger partial charge in [-0.3, -0.25) is 9.89 Å². The van der Waals surface area contributed by atoms with Crippen molar-refractivity contribution in [3.63, 3.8) is 0 Å². The molecule has 0 saturated carbocycles. The highest BCUT2D eigenvalue weighted by molar-refractivity contribution is 7.98. The number of thioether (sulfide) groups is 1. The molecule has 0 radical (unpaired) electrons. The summed E-state index contributed by atoms with van der Waals surface area (Å²) < 4.78 is 0. The predicted molar refractivity (Wildman–Crippen MR) is 73.9 cm³/mol. The smallest absolute Gasteiger partial charge is 0.272 e. The first-order chi connectivity index (χ1) is 8.76. The lowest BCUT2D eigenvalue weighted by atomic mass is 10.1. The van der Waals surface area contributed by atoms with E-state index in [1.54, 1.807) is 11.8 Å². The first-order valence-electron chi connectivity index (χ1n) is 6.32. The largest absolute Gasteiger partial charge is 0.347 e. The highest BCUT2D eigenvalue weighted by atomic mass is 32.2. The number of hydrogen-bond donors (Lipinski definition) is 3. The Kier molecular flexibility index (Phi) is 4.66.